The second-order valence-electron chi connectivity index (χ2n) is 4.77. The monoisotopic (exact) mass is 307 g/mol. The number of hydrogen-bond donors (Lipinski definition) is 0. The van der Waals surface area contributed by atoms with Crippen molar-refractivity contribution in [1.82, 2.24) is 14.5 Å². The Kier molecular flexibility index (Phi) is 3.27. The number of ether oxygens (including phenoxy) is 1. The highest BCUT2D eigenvalue weighted by molar-refractivity contribution is 5.82. The molecule has 7 heteroatoms. The average Bonchev–Trinajstić information content (AvgIpc) is 2.83. The summed E-state index contributed by atoms with van der Waals surface area (Å²) < 4.78 is 45.4. The molecular weight excluding hydrogens is 295 g/mol. The van der Waals surface area contributed by atoms with E-state index in [1.165, 1.54) is 19.4 Å². The van der Waals surface area contributed by atoms with Crippen LogP contribution in [0.2, 0.25) is 0 Å². The van der Waals surface area contributed by atoms with Crippen LogP contribution in [0.15, 0.2) is 36.7 Å². The van der Waals surface area contributed by atoms with Crippen molar-refractivity contribution in [3.05, 3.63) is 42.2 Å². The normalized spacial score (nSPS) is 11.9. The van der Waals surface area contributed by atoms with Crippen molar-refractivity contribution in [2.24, 2.45) is 7.05 Å². The van der Waals surface area contributed by atoms with E-state index in [1.807, 2.05) is 0 Å². The molecule has 0 unspecified atom stereocenters. The topological polar surface area (TPSA) is 39.9 Å². The molecule has 0 aliphatic heterocycles. The molecule has 114 valence electrons. The van der Waals surface area contributed by atoms with Gasteiger partial charge in [0.25, 0.3) is 0 Å². The van der Waals surface area contributed by atoms with Crippen molar-refractivity contribution in [2.75, 3.05) is 7.11 Å². The molecule has 0 atom stereocenters. The van der Waals surface area contributed by atoms with Crippen molar-refractivity contribution >= 4 is 11.0 Å². The molecule has 0 amide bonds. The largest absolute Gasteiger partial charge is 0.494 e. The van der Waals surface area contributed by atoms with Crippen LogP contribution in [-0.2, 0) is 13.2 Å². The molecule has 0 aliphatic carbocycles. The predicted molar refractivity (Wildman–Crippen MR) is 75.5 cm³/mol. The van der Waals surface area contributed by atoms with E-state index < -0.39 is 11.7 Å². The van der Waals surface area contributed by atoms with Crippen LogP contribution in [-0.4, -0.2) is 21.6 Å². The third kappa shape index (κ3) is 2.28. The summed E-state index contributed by atoms with van der Waals surface area (Å²) in [5.74, 6) is 1.03. The number of nitrogens with zero attached hydrogens (tertiary/aromatic N) is 3. The summed E-state index contributed by atoms with van der Waals surface area (Å²) in [4.78, 5) is 8.28. The Labute approximate surface area is 124 Å². The van der Waals surface area contributed by atoms with E-state index in [1.54, 1.807) is 23.9 Å². The molecular formula is C15H12F3N3O. The summed E-state index contributed by atoms with van der Waals surface area (Å²) in [5.41, 5.74) is 0.851. The highest BCUT2D eigenvalue weighted by Crippen LogP contribution is 2.34. The quantitative estimate of drug-likeness (QED) is 0.725. The number of hydrogen-bond acceptors (Lipinski definition) is 3. The summed E-state index contributed by atoms with van der Waals surface area (Å²) in [7, 11) is 3.25. The van der Waals surface area contributed by atoms with Crippen molar-refractivity contribution < 1.29 is 17.9 Å². The Hall–Kier alpha value is -2.57. The van der Waals surface area contributed by atoms with Crippen molar-refractivity contribution in [1.29, 1.82) is 0 Å². The van der Waals surface area contributed by atoms with Gasteiger partial charge in [0.05, 0.1) is 35.5 Å². The zero-order valence-corrected chi connectivity index (χ0v) is 11.8. The Balaban J connectivity index is 2.22. The number of pyridine rings is 1. The zero-order chi connectivity index (χ0) is 15.9. The van der Waals surface area contributed by atoms with Gasteiger partial charge in [-0.05, 0) is 24.3 Å². The maximum absolute atomic E-state index is 12.8. The first-order chi connectivity index (χ1) is 10.4. The molecule has 3 rings (SSSR count). The van der Waals surface area contributed by atoms with Crippen molar-refractivity contribution in [3.63, 3.8) is 0 Å². The van der Waals surface area contributed by atoms with Gasteiger partial charge in [-0.3, -0.25) is 4.98 Å². The molecule has 2 heterocycles. The van der Waals surface area contributed by atoms with Crippen LogP contribution in [0.25, 0.3) is 22.4 Å². The molecule has 0 N–H and O–H groups in total. The first-order valence-electron chi connectivity index (χ1n) is 6.44. The van der Waals surface area contributed by atoms with Gasteiger partial charge in [-0.1, -0.05) is 0 Å². The van der Waals surface area contributed by atoms with Crippen molar-refractivity contribution in [3.8, 4) is 17.1 Å². The van der Waals surface area contributed by atoms with E-state index in [0.29, 0.717) is 22.7 Å². The Morgan fingerprint density at radius 1 is 1.18 bits per heavy atom. The first kappa shape index (κ1) is 14.4. The molecule has 3 aromatic rings. The summed E-state index contributed by atoms with van der Waals surface area (Å²) in [6, 6.07) is 5.23. The lowest BCUT2D eigenvalue weighted by Crippen LogP contribution is -2.04. The third-order valence-corrected chi connectivity index (χ3v) is 3.45. The van der Waals surface area contributed by atoms with Gasteiger partial charge in [-0.25, -0.2) is 4.98 Å². The van der Waals surface area contributed by atoms with Crippen molar-refractivity contribution in [2.45, 2.75) is 6.18 Å². The Bertz CT molecular complexity index is 840. The summed E-state index contributed by atoms with van der Waals surface area (Å²) in [6.07, 6.45) is -1.27. The average molecular weight is 307 g/mol. The van der Waals surface area contributed by atoms with E-state index in [9.17, 15) is 13.2 Å². The molecule has 0 saturated heterocycles. The summed E-state index contributed by atoms with van der Waals surface area (Å²) >= 11 is 0. The minimum atomic E-state index is -4.39. The molecule has 0 radical (unpaired) electrons. The Morgan fingerprint density at radius 3 is 2.64 bits per heavy atom. The van der Waals surface area contributed by atoms with Crippen LogP contribution >= 0.6 is 0 Å². The van der Waals surface area contributed by atoms with Crippen LogP contribution < -0.4 is 4.74 Å². The minimum absolute atomic E-state index is 0.284. The van der Waals surface area contributed by atoms with E-state index in [4.69, 9.17) is 4.74 Å². The molecule has 0 fully saturated rings. The lowest BCUT2D eigenvalue weighted by molar-refractivity contribution is -0.137. The number of rotatable bonds is 2. The minimum Gasteiger partial charge on any atom is -0.494 e. The molecule has 0 bridgehead atoms. The van der Waals surface area contributed by atoms with Crippen LogP contribution in [0, 0.1) is 0 Å². The molecule has 22 heavy (non-hydrogen) atoms. The standard InChI is InChI=1S/C15H12F3N3O/c1-21-12-4-3-9(15(16,17)18)7-11(12)20-14(21)10-5-6-19-8-13(10)22-2/h3-8H,1-2H3. The number of halogens is 3. The fraction of sp³-hybridized carbons (Fsp3) is 0.200. The van der Waals surface area contributed by atoms with Gasteiger partial charge >= 0.3 is 6.18 Å². The summed E-state index contributed by atoms with van der Waals surface area (Å²) in [5, 5.41) is 0. The molecule has 1 aromatic carbocycles. The number of benzene rings is 1. The molecule has 0 spiro atoms. The number of methoxy groups -OCH3 is 1. The lowest BCUT2D eigenvalue weighted by Gasteiger charge is -2.07. The fourth-order valence-corrected chi connectivity index (χ4v) is 2.34. The lowest BCUT2D eigenvalue weighted by atomic mass is 10.2. The fourth-order valence-electron chi connectivity index (χ4n) is 2.34. The van der Waals surface area contributed by atoms with Gasteiger partial charge in [0, 0.05) is 13.2 Å². The molecule has 0 saturated carbocycles. The van der Waals surface area contributed by atoms with Crippen LogP contribution in [0.1, 0.15) is 5.56 Å². The van der Waals surface area contributed by atoms with E-state index in [-0.39, 0.29) is 5.52 Å². The van der Waals surface area contributed by atoms with Gasteiger partial charge < -0.3 is 9.30 Å². The van der Waals surface area contributed by atoms with Gasteiger partial charge in [0.2, 0.25) is 0 Å². The van der Waals surface area contributed by atoms with Crippen LogP contribution in [0.4, 0.5) is 13.2 Å². The van der Waals surface area contributed by atoms with Gasteiger partial charge in [0.1, 0.15) is 11.6 Å². The number of aryl methyl sites for hydroxylation is 1. The highest BCUT2D eigenvalue weighted by atomic mass is 19.4. The van der Waals surface area contributed by atoms with Gasteiger partial charge in [-0.15, -0.1) is 0 Å². The molecule has 0 aliphatic rings. The second kappa shape index (κ2) is 5.01. The smallest absolute Gasteiger partial charge is 0.416 e. The SMILES string of the molecule is COc1cnccc1-c1nc2cc(C(F)(F)F)ccc2n1C. The zero-order valence-electron chi connectivity index (χ0n) is 11.8. The van der Waals surface area contributed by atoms with Crippen LogP contribution in [0.5, 0.6) is 5.75 Å². The van der Waals surface area contributed by atoms with Gasteiger partial charge in [0.15, 0.2) is 0 Å². The Morgan fingerprint density at radius 2 is 1.95 bits per heavy atom. The maximum atomic E-state index is 12.8. The number of fused-ring (bicyclic) bond motifs is 1. The van der Waals surface area contributed by atoms with E-state index in [2.05, 4.69) is 9.97 Å². The maximum Gasteiger partial charge on any atom is 0.416 e. The highest BCUT2D eigenvalue weighted by Gasteiger charge is 2.31. The summed E-state index contributed by atoms with van der Waals surface area (Å²) in [6.45, 7) is 0. The third-order valence-electron chi connectivity index (χ3n) is 3.45. The van der Waals surface area contributed by atoms with E-state index in [0.717, 1.165) is 12.1 Å². The van der Waals surface area contributed by atoms with E-state index >= 15 is 0 Å². The van der Waals surface area contributed by atoms with Gasteiger partial charge in [-0.2, -0.15) is 13.2 Å². The molecule has 2 aromatic heterocycles. The van der Waals surface area contributed by atoms with Crippen LogP contribution in [0.3, 0.4) is 0 Å². The number of imidazole rings is 1. The first-order valence-corrected chi connectivity index (χ1v) is 6.44. The number of aromatic nitrogens is 3. The number of alkyl halides is 3. The predicted octanol–water partition coefficient (Wildman–Crippen LogP) is 3.66. The second-order valence-corrected chi connectivity index (χ2v) is 4.77. The molecule has 4 nitrogen and oxygen atoms in total.